The molecule has 2 aliphatic rings. The van der Waals surface area contributed by atoms with Gasteiger partial charge in [-0.15, -0.1) is 0 Å². The van der Waals surface area contributed by atoms with Crippen LogP contribution in [-0.4, -0.2) is 5.97 Å². The first-order valence-electron chi connectivity index (χ1n) is 10.0. The summed E-state index contributed by atoms with van der Waals surface area (Å²) < 4.78 is 0. The molecule has 29 heavy (non-hydrogen) atoms. The average molecular weight is 377 g/mol. The topological polar surface area (TPSA) is 37.0 Å². The first-order chi connectivity index (χ1) is 14.2. The molecule has 141 valence electrons. The minimum absolute atomic E-state index is 0.0427. The summed E-state index contributed by atoms with van der Waals surface area (Å²) in [5.41, 5.74) is 7.69. The van der Waals surface area contributed by atoms with Gasteiger partial charge < -0.3 is 0 Å². The Bertz CT molecular complexity index is 1140. The van der Waals surface area contributed by atoms with Crippen LogP contribution in [0.15, 0.2) is 90.0 Å². The van der Waals surface area contributed by atoms with E-state index in [1.807, 2.05) is 54.6 Å². The Morgan fingerprint density at radius 2 is 1.52 bits per heavy atom. The van der Waals surface area contributed by atoms with Gasteiger partial charge in [0.25, 0.3) is 0 Å². The first kappa shape index (κ1) is 17.7. The molecule has 5 rings (SSSR count). The minimum Gasteiger partial charge on any atom is -0.246 e. The summed E-state index contributed by atoms with van der Waals surface area (Å²) in [6.45, 7) is 0. The lowest BCUT2D eigenvalue weighted by Crippen LogP contribution is -2.21. The number of carbonyl (C=O) groups excluding carboxylic acids is 1. The molecule has 0 spiro atoms. The molecule has 1 radical (unpaired) electrons. The summed E-state index contributed by atoms with van der Waals surface area (Å²) in [7, 11) is 0. The average Bonchev–Trinajstić information content (AvgIpc) is 3.31. The molecule has 2 unspecified atom stereocenters. The molecule has 0 saturated carbocycles. The van der Waals surface area contributed by atoms with Gasteiger partial charge in [-0.3, -0.25) is 0 Å². The van der Waals surface area contributed by atoms with E-state index in [4.69, 9.17) is 0 Å². The van der Waals surface area contributed by atoms with Crippen molar-refractivity contribution in [2.75, 3.05) is 0 Å². The highest BCUT2D eigenvalue weighted by atomic mass is 16.4. The van der Waals surface area contributed by atoms with Gasteiger partial charge >= 0.3 is 5.97 Å². The number of rotatable bonds is 5. The van der Waals surface area contributed by atoms with Crippen LogP contribution < -0.4 is 0 Å². The summed E-state index contributed by atoms with van der Waals surface area (Å²) >= 11 is 0. The van der Waals surface area contributed by atoms with Crippen molar-refractivity contribution in [2.45, 2.75) is 18.8 Å². The molecule has 0 N–H and O–H groups in total. The lowest BCUT2D eigenvalue weighted by Gasteiger charge is -2.23. The number of hydrogen-bond donors (Lipinski definition) is 0. The Labute approximate surface area is 170 Å². The number of carbonyl (C=O) groups is 1. The summed E-state index contributed by atoms with van der Waals surface area (Å²) in [5.74, 6) is -1.68. The predicted octanol–water partition coefficient (Wildman–Crippen LogP) is 5.62. The van der Waals surface area contributed by atoms with E-state index in [0.717, 1.165) is 28.7 Å². The maximum atomic E-state index is 12.4. The van der Waals surface area contributed by atoms with Crippen LogP contribution in [0.5, 0.6) is 0 Å². The third kappa shape index (κ3) is 3.21. The SMILES string of the molecule is [O]C(=O)C(C1=Cc2ccccc2C1)C1=Cc2ccccc2C1Cc1ccccc1. The van der Waals surface area contributed by atoms with Crippen LogP contribution in [0.4, 0.5) is 0 Å². The molecule has 0 aliphatic heterocycles. The Morgan fingerprint density at radius 3 is 2.28 bits per heavy atom. The van der Waals surface area contributed by atoms with Gasteiger partial charge in [0, 0.05) is 5.92 Å². The normalized spacial score (nSPS) is 17.9. The van der Waals surface area contributed by atoms with Crippen LogP contribution in [0.25, 0.3) is 12.2 Å². The highest BCUT2D eigenvalue weighted by Crippen LogP contribution is 2.46. The van der Waals surface area contributed by atoms with Crippen LogP contribution in [-0.2, 0) is 22.7 Å². The highest BCUT2D eigenvalue weighted by molar-refractivity contribution is 5.86. The van der Waals surface area contributed by atoms with Crippen LogP contribution in [0, 0.1) is 5.92 Å². The monoisotopic (exact) mass is 377 g/mol. The van der Waals surface area contributed by atoms with Crippen molar-refractivity contribution in [3.8, 4) is 0 Å². The maximum absolute atomic E-state index is 12.4. The largest absolute Gasteiger partial charge is 0.366 e. The lowest BCUT2D eigenvalue weighted by atomic mass is 9.79. The van der Waals surface area contributed by atoms with Gasteiger partial charge in [0.15, 0.2) is 0 Å². The van der Waals surface area contributed by atoms with Gasteiger partial charge in [0.05, 0.1) is 0 Å². The molecular weight excluding hydrogens is 356 g/mol. The minimum atomic E-state index is -1.01. The van der Waals surface area contributed by atoms with Crippen molar-refractivity contribution in [3.63, 3.8) is 0 Å². The Kier molecular flexibility index (Phi) is 4.40. The van der Waals surface area contributed by atoms with Crippen molar-refractivity contribution < 1.29 is 9.90 Å². The zero-order chi connectivity index (χ0) is 19.8. The smallest absolute Gasteiger partial charge is 0.246 e. The van der Waals surface area contributed by atoms with Crippen molar-refractivity contribution in [2.24, 2.45) is 5.92 Å². The Hall–Kier alpha value is -3.39. The van der Waals surface area contributed by atoms with E-state index in [2.05, 4.69) is 36.4 Å². The first-order valence-corrected chi connectivity index (χ1v) is 10.0. The fraction of sp³-hybridized carbons (Fsp3) is 0.148. The summed E-state index contributed by atoms with van der Waals surface area (Å²) in [4.78, 5) is 12.4. The number of benzene rings is 3. The van der Waals surface area contributed by atoms with Crippen molar-refractivity contribution in [3.05, 3.63) is 118 Å². The van der Waals surface area contributed by atoms with Crippen LogP contribution >= 0.6 is 0 Å². The van der Waals surface area contributed by atoms with Crippen molar-refractivity contribution >= 4 is 18.1 Å². The Balaban J connectivity index is 1.56. The molecule has 2 heteroatoms. The molecule has 0 amide bonds. The summed E-state index contributed by atoms with van der Waals surface area (Å²) in [6.07, 6.45) is 5.57. The van der Waals surface area contributed by atoms with E-state index in [9.17, 15) is 9.90 Å². The maximum Gasteiger partial charge on any atom is 0.366 e. The standard InChI is InChI=1S/C27H21O2/c28-27(29)26(22-15-19-10-4-5-11-20(19)16-22)25-17-21-12-6-7-13-23(21)24(25)14-18-8-2-1-3-9-18/h1-13,15,17,24,26H,14,16H2. The molecule has 2 nitrogen and oxygen atoms in total. The number of fused-ring (bicyclic) bond motifs is 2. The van der Waals surface area contributed by atoms with Gasteiger partial charge in [-0.2, -0.15) is 0 Å². The second-order valence-electron chi connectivity index (χ2n) is 7.86. The molecule has 0 aromatic heterocycles. The van der Waals surface area contributed by atoms with E-state index in [0.29, 0.717) is 6.42 Å². The molecule has 3 aromatic carbocycles. The quantitative estimate of drug-likeness (QED) is 0.568. The Morgan fingerprint density at radius 1 is 0.828 bits per heavy atom. The lowest BCUT2D eigenvalue weighted by molar-refractivity contribution is -0.145. The van der Waals surface area contributed by atoms with Crippen molar-refractivity contribution in [1.29, 1.82) is 0 Å². The van der Waals surface area contributed by atoms with E-state index < -0.39 is 11.9 Å². The zero-order valence-corrected chi connectivity index (χ0v) is 16.0. The molecule has 0 heterocycles. The number of hydrogen-bond acceptors (Lipinski definition) is 1. The van der Waals surface area contributed by atoms with Gasteiger partial charge in [-0.05, 0) is 51.8 Å². The molecule has 3 aromatic rings. The van der Waals surface area contributed by atoms with E-state index >= 15 is 0 Å². The fourth-order valence-corrected chi connectivity index (χ4v) is 4.78. The van der Waals surface area contributed by atoms with E-state index in [-0.39, 0.29) is 5.92 Å². The third-order valence-electron chi connectivity index (χ3n) is 6.11. The second kappa shape index (κ2) is 7.21. The molecular formula is C27H21O2. The fourth-order valence-electron chi connectivity index (χ4n) is 4.78. The third-order valence-corrected chi connectivity index (χ3v) is 6.11. The van der Waals surface area contributed by atoms with Crippen LogP contribution in [0.1, 0.15) is 33.7 Å². The predicted molar refractivity (Wildman–Crippen MR) is 115 cm³/mol. The van der Waals surface area contributed by atoms with Gasteiger partial charge in [-0.25, -0.2) is 9.90 Å². The molecule has 0 fully saturated rings. The zero-order valence-electron chi connectivity index (χ0n) is 16.0. The van der Waals surface area contributed by atoms with Gasteiger partial charge in [0.2, 0.25) is 0 Å². The molecule has 0 saturated heterocycles. The van der Waals surface area contributed by atoms with Gasteiger partial charge in [0.1, 0.15) is 5.92 Å². The second-order valence-corrected chi connectivity index (χ2v) is 7.86. The summed E-state index contributed by atoms with van der Waals surface area (Å²) in [6, 6.07) is 26.7. The van der Waals surface area contributed by atoms with Crippen LogP contribution in [0.2, 0.25) is 0 Å². The molecule has 2 atom stereocenters. The van der Waals surface area contributed by atoms with Gasteiger partial charge in [-0.1, -0.05) is 91.0 Å². The summed E-state index contributed by atoms with van der Waals surface area (Å²) in [5, 5.41) is 12.4. The molecule has 2 aliphatic carbocycles. The van der Waals surface area contributed by atoms with Crippen LogP contribution in [0.3, 0.4) is 0 Å². The molecule has 0 bridgehead atoms. The highest BCUT2D eigenvalue weighted by Gasteiger charge is 2.38. The van der Waals surface area contributed by atoms with E-state index in [1.165, 1.54) is 16.7 Å². The van der Waals surface area contributed by atoms with Crippen molar-refractivity contribution in [1.82, 2.24) is 0 Å². The van der Waals surface area contributed by atoms with E-state index in [1.54, 1.807) is 0 Å².